The number of hydrogen-bond acceptors (Lipinski definition) is 7. The van der Waals surface area contributed by atoms with Gasteiger partial charge in [0.05, 0.1) is 24.4 Å². The van der Waals surface area contributed by atoms with E-state index in [2.05, 4.69) is 20.5 Å². The van der Waals surface area contributed by atoms with Crippen molar-refractivity contribution in [3.8, 4) is 5.75 Å². The number of nitrogens with zero attached hydrogens (tertiary/aromatic N) is 4. The highest BCUT2D eigenvalue weighted by Gasteiger charge is 2.55. The van der Waals surface area contributed by atoms with Gasteiger partial charge in [-0.2, -0.15) is 4.98 Å². The van der Waals surface area contributed by atoms with Gasteiger partial charge in [-0.15, -0.1) is 0 Å². The molecule has 2 atom stereocenters. The minimum atomic E-state index is -0.848. The van der Waals surface area contributed by atoms with Gasteiger partial charge in [-0.05, 0) is 63.1 Å². The third kappa shape index (κ3) is 4.54. The van der Waals surface area contributed by atoms with E-state index in [1.807, 2.05) is 7.05 Å². The molecule has 202 valence electrons. The molecule has 9 nitrogen and oxygen atoms in total. The third-order valence-electron chi connectivity index (χ3n) is 8.65. The number of alkyl halides is 1. The number of amides is 2. The summed E-state index contributed by atoms with van der Waals surface area (Å²) in [6.07, 6.45) is 8.79. The Bertz CT molecular complexity index is 1250. The molecule has 2 aromatic rings. The topological polar surface area (TPSA) is 99.7 Å². The molecule has 2 amide bonds. The molecule has 2 heterocycles. The number of nitrogens with one attached hydrogen (secondary N) is 2. The molecule has 0 bridgehead atoms. The first-order chi connectivity index (χ1) is 18.4. The molecule has 2 N–H and O–H groups in total. The molecular weight excluding hydrogens is 487 g/mol. The summed E-state index contributed by atoms with van der Waals surface area (Å²) in [6.45, 7) is 0.696. The van der Waals surface area contributed by atoms with Gasteiger partial charge in [0.1, 0.15) is 17.6 Å². The van der Waals surface area contributed by atoms with Crippen LogP contribution in [0, 0.1) is 5.41 Å². The summed E-state index contributed by atoms with van der Waals surface area (Å²) >= 11 is 0. The lowest BCUT2D eigenvalue weighted by Gasteiger charge is -2.31. The maximum Gasteiger partial charge on any atom is 0.251 e. The number of hydrogen-bond donors (Lipinski definition) is 2. The molecule has 10 heteroatoms. The number of rotatable bonds is 6. The van der Waals surface area contributed by atoms with Crippen LogP contribution in [0.25, 0.3) is 0 Å². The summed E-state index contributed by atoms with van der Waals surface area (Å²) in [5.74, 6) is 1.56. The van der Waals surface area contributed by atoms with Crippen LogP contribution in [0.1, 0.15) is 68.1 Å². The summed E-state index contributed by atoms with van der Waals surface area (Å²) in [5, 5.41) is 6.17. The largest absolute Gasteiger partial charge is 0.495 e. The van der Waals surface area contributed by atoms with Crippen LogP contribution >= 0.6 is 0 Å². The zero-order valence-electron chi connectivity index (χ0n) is 22.0. The summed E-state index contributed by atoms with van der Waals surface area (Å²) in [4.78, 5) is 39.6. The van der Waals surface area contributed by atoms with Gasteiger partial charge in [0.25, 0.3) is 5.91 Å². The van der Waals surface area contributed by atoms with Crippen LogP contribution in [-0.2, 0) is 4.79 Å². The second-order valence-electron chi connectivity index (χ2n) is 11.2. The maximum atomic E-state index is 13.5. The number of methoxy groups -OCH3 is 1. The fourth-order valence-electron chi connectivity index (χ4n) is 6.23. The van der Waals surface area contributed by atoms with Crippen molar-refractivity contribution in [2.45, 2.75) is 76.0 Å². The van der Waals surface area contributed by atoms with Crippen molar-refractivity contribution in [3.63, 3.8) is 0 Å². The van der Waals surface area contributed by atoms with E-state index in [4.69, 9.17) is 9.72 Å². The quantitative estimate of drug-likeness (QED) is 0.582. The molecule has 3 aliphatic carbocycles. The first-order valence-electron chi connectivity index (χ1n) is 13.7. The third-order valence-corrected chi connectivity index (χ3v) is 8.65. The Morgan fingerprint density at radius 2 is 1.97 bits per heavy atom. The van der Waals surface area contributed by atoms with E-state index in [0.717, 1.165) is 37.2 Å². The molecule has 3 saturated carbocycles. The number of halogens is 1. The fraction of sp³-hybridized carbons (Fsp3) is 0.571. The molecule has 3 fully saturated rings. The molecule has 0 saturated heterocycles. The smallest absolute Gasteiger partial charge is 0.251 e. The minimum absolute atomic E-state index is 0.142. The summed E-state index contributed by atoms with van der Waals surface area (Å²) in [6, 6.07) is 5.36. The van der Waals surface area contributed by atoms with Crippen LogP contribution in [0.4, 0.5) is 27.5 Å². The average molecular weight is 523 g/mol. The van der Waals surface area contributed by atoms with Crippen molar-refractivity contribution in [1.82, 2.24) is 15.3 Å². The van der Waals surface area contributed by atoms with Gasteiger partial charge >= 0.3 is 0 Å². The van der Waals surface area contributed by atoms with Crippen LogP contribution in [0.5, 0.6) is 5.75 Å². The number of aromatic nitrogens is 2. The van der Waals surface area contributed by atoms with Gasteiger partial charge in [0.15, 0.2) is 5.82 Å². The number of anilines is 4. The summed E-state index contributed by atoms with van der Waals surface area (Å²) < 4.78 is 19.1. The van der Waals surface area contributed by atoms with Crippen LogP contribution < -0.4 is 25.2 Å². The number of carbonyl (C=O) groups excluding carboxylic acids is 2. The first kappa shape index (κ1) is 24.9. The van der Waals surface area contributed by atoms with Crippen molar-refractivity contribution in [1.29, 1.82) is 0 Å². The molecule has 1 aliphatic heterocycles. The van der Waals surface area contributed by atoms with Crippen LogP contribution in [0.2, 0.25) is 0 Å². The van der Waals surface area contributed by atoms with Gasteiger partial charge in [-0.1, -0.05) is 12.8 Å². The van der Waals surface area contributed by atoms with Crippen molar-refractivity contribution in [3.05, 3.63) is 30.0 Å². The lowest BCUT2D eigenvalue weighted by Crippen LogP contribution is -2.41. The lowest BCUT2D eigenvalue weighted by molar-refractivity contribution is -0.122. The fourth-order valence-corrected chi connectivity index (χ4v) is 6.23. The summed E-state index contributed by atoms with van der Waals surface area (Å²) in [7, 11) is 3.37. The number of fused-ring (bicyclic) bond motifs is 1. The molecule has 1 aromatic carbocycles. The Kier molecular flexibility index (Phi) is 6.36. The van der Waals surface area contributed by atoms with Gasteiger partial charge < -0.3 is 25.2 Å². The number of carbonyl (C=O) groups is 2. The van der Waals surface area contributed by atoms with E-state index < -0.39 is 6.17 Å². The Labute approximate surface area is 222 Å². The Morgan fingerprint density at radius 3 is 2.66 bits per heavy atom. The minimum Gasteiger partial charge on any atom is -0.495 e. The molecule has 4 aliphatic rings. The SMILES string of the molecule is COc1cc(C(=O)NC2CCC(F)C2)ccc1Nc1ncc2c(n1)N(C1CCCC1)CC1(CC1)C(=O)N2C. The van der Waals surface area contributed by atoms with E-state index >= 15 is 0 Å². The normalized spacial score (nSPS) is 24.3. The van der Waals surface area contributed by atoms with Crippen molar-refractivity contribution >= 4 is 35.0 Å². The highest BCUT2D eigenvalue weighted by atomic mass is 19.1. The van der Waals surface area contributed by atoms with Gasteiger partial charge in [-0.3, -0.25) is 9.59 Å². The summed E-state index contributed by atoms with van der Waals surface area (Å²) in [5.41, 5.74) is 1.49. The standard InChI is InChI=1S/C28H35FN6O3/c1-34-22-15-30-27(33-24(22)35(20-5-3-4-6-20)16-28(11-12-28)26(34)37)32-21-10-7-17(13-23(21)38-2)25(36)31-19-9-8-18(29)14-19/h7,10,13,15,18-20H,3-6,8-9,11-12,14,16H2,1-2H3,(H,31,36)(H,30,32,33). The van der Waals surface area contributed by atoms with Crippen molar-refractivity contribution in [2.75, 3.05) is 35.8 Å². The molecule has 38 heavy (non-hydrogen) atoms. The van der Waals surface area contributed by atoms with Gasteiger partial charge in [0, 0.05) is 31.2 Å². The van der Waals surface area contributed by atoms with E-state index in [0.29, 0.717) is 54.8 Å². The monoisotopic (exact) mass is 522 g/mol. The number of benzene rings is 1. The average Bonchev–Trinajstić information content (AvgIpc) is 3.30. The molecule has 1 aromatic heterocycles. The Hall–Kier alpha value is -3.43. The molecule has 2 unspecified atom stereocenters. The highest BCUT2D eigenvalue weighted by Crippen LogP contribution is 2.52. The molecule has 6 rings (SSSR count). The predicted octanol–water partition coefficient (Wildman–Crippen LogP) is 4.35. The van der Waals surface area contributed by atoms with E-state index in [-0.39, 0.29) is 23.3 Å². The van der Waals surface area contributed by atoms with Gasteiger partial charge in [0.2, 0.25) is 11.9 Å². The van der Waals surface area contributed by atoms with Crippen LogP contribution in [0.3, 0.4) is 0 Å². The highest BCUT2D eigenvalue weighted by molar-refractivity contribution is 6.03. The zero-order chi connectivity index (χ0) is 26.4. The predicted molar refractivity (Wildman–Crippen MR) is 143 cm³/mol. The van der Waals surface area contributed by atoms with Crippen molar-refractivity contribution in [2.24, 2.45) is 5.41 Å². The second-order valence-corrected chi connectivity index (χ2v) is 11.2. The molecular formula is C28H35FN6O3. The lowest BCUT2D eigenvalue weighted by atomic mass is 10.0. The zero-order valence-corrected chi connectivity index (χ0v) is 22.0. The van der Waals surface area contributed by atoms with E-state index in [1.54, 1.807) is 36.4 Å². The van der Waals surface area contributed by atoms with Crippen molar-refractivity contribution < 1.29 is 18.7 Å². The van der Waals surface area contributed by atoms with E-state index in [1.165, 1.54) is 12.8 Å². The van der Waals surface area contributed by atoms with Gasteiger partial charge in [-0.25, -0.2) is 9.37 Å². The molecule has 0 radical (unpaired) electrons. The number of ether oxygens (including phenoxy) is 1. The Balaban J connectivity index is 1.26. The Morgan fingerprint density at radius 1 is 1.18 bits per heavy atom. The van der Waals surface area contributed by atoms with E-state index in [9.17, 15) is 14.0 Å². The van der Waals surface area contributed by atoms with Crippen LogP contribution in [-0.4, -0.2) is 60.7 Å². The second kappa shape index (κ2) is 9.71. The van der Waals surface area contributed by atoms with Crippen LogP contribution in [0.15, 0.2) is 24.4 Å². The molecule has 1 spiro atoms. The first-order valence-corrected chi connectivity index (χ1v) is 13.7. The maximum absolute atomic E-state index is 13.5.